The Labute approximate surface area is 140 Å². The van der Waals surface area contributed by atoms with Crippen molar-refractivity contribution in [3.05, 3.63) is 40.3 Å². The van der Waals surface area contributed by atoms with E-state index < -0.39 is 0 Å². The normalized spacial score (nSPS) is 17.9. The Bertz CT molecular complexity index is 626. The summed E-state index contributed by atoms with van der Waals surface area (Å²) in [6.07, 6.45) is 2.73. The molecule has 0 aromatic carbocycles. The Morgan fingerprint density at radius 1 is 1.52 bits per heavy atom. The molecule has 2 aromatic heterocycles. The predicted molar refractivity (Wildman–Crippen MR) is 89.2 cm³/mol. The zero-order chi connectivity index (χ0) is 16.1. The number of thiophene rings is 1. The minimum absolute atomic E-state index is 0.0703. The Morgan fingerprint density at radius 2 is 2.43 bits per heavy atom. The van der Waals surface area contributed by atoms with Crippen molar-refractivity contribution in [3.63, 3.8) is 0 Å². The van der Waals surface area contributed by atoms with Gasteiger partial charge in [-0.25, -0.2) is 0 Å². The average Bonchev–Trinajstić information content (AvgIpc) is 3.18. The number of nitrogens with one attached hydrogen (secondary N) is 1. The maximum atomic E-state index is 11.5. The van der Waals surface area contributed by atoms with Gasteiger partial charge in [0.2, 0.25) is 5.91 Å². The molecule has 1 aliphatic heterocycles. The quantitative estimate of drug-likeness (QED) is 0.836. The summed E-state index contributed by atoms with van der Waals surface area (Å²) in [5, 5.41) is 11.7. The summed E-state index contributed by atoms with van der Waals surface area (Å²) in [5.74, 6) is -0.0703. The summed E-state index contributed by atoms with van der Waals surface area (Å²) in [5.41, 5.74) is 2.59. The number of carbonyl (C=O) groups excluding carboxylic acids is 1. The van der Waals surface area contributed by atoms with Gasteiger partial charge in [0.05, 0.1) is 11.7 Å². The molecule has 0 radical (unpaired) electrons. The average molecular weight is 334 g/mol. The number of amides is 1. The Balaban J connectivity index is 1.59. The van der Waals surface area contributed by atoms with Crippen LogP contribution in [0, 0.1) is 0 Å². The van der Waals surface area contributed by atoms with Crippen LogP contribution in [0.4, 0.5) is 0 Å². The standard InChI is InChI=1S/C16H22N4O2S/c1-22-11-16(21)17-5-2-14-9-19(8-13-4-7-23-12-13)10-15-3-6-18-20(14)15/h3-4,6-7,12,14H,2,5,8-11H2,1H3,(H,17,21). The number of carbonyl (C=O) groups is 1. The van der Waals surface area contributed by atoms with Gasteiger partial charge in [-0.3, -0.25) is 14.4 Å². The molecule has 3 rings (SSSR count). The summed E-state index contributed by atoms with van der Waals surface area (Å²) < 4.78 is 6.93. The van der Waals surface area contributed by atoms with Gasteiger partial charge in [0.25, 0.3) is 0 Å². The van der Waals surface area contributed by atoms with E-state index in [-0.39, 0.29) is 18.6 Å². The highest BCUT2D eigenvalue weighted by atomic mass is 32.1. The number of aromatic nitrogens is 2. The fraction of sp³-hybridized carbons (Fsp3) is 0.500. The van der Waals surface area contributed by atoms with E-state index in [2.05, 4.69) is 42.9 Å². The predicted octanol–water partition coefficient (Wildman–Crippen LogP) is 1.65. The van der Waals surface area contributed by atoms with Crippen molar-refractivity contribution < 1.29 is 9.53 Å². The molecule has 1 atom stereocenters. The van der Waals surface area contributed by atoms with Crippen LogP contribution in [0.15, 0.2) is 29.1 Å². The van der Waals surface area contributed by atoms with Crippen molar-refractivity contribution in [2.75, 3.05) is 26.8 Å². The summed E-state index contributed by atoms with van der Waals surface area (Å²) in [4.78, 5) is 13.9. The monoisotopic (exact) mass is 334 g/mol. The smallest absolute Gasteiger partial charge is 0.245 e. The lowest BCUT2D eigenvalue weighted by Gasteiger charge is -2.33. The molecule has 124 valence electrons. The van der Waals surface area contributed by atoms with Crippen molar-refractivity contribution in [1.82, 2.24) is 20.0 Å². The highest BCUT2D eigenvalue weighted by Crippen LogP contribution is 2.24. The number of ether oxygens (including phenoxy) is 1. The molecule has 7 heteroatoms. The fourth-order valence-corrected chi connectivity index (χ4v) is 3.66. The fourth-order valence-electron chi connectivity index (χ4n) is 3.00. The number of methoxy groups -OCH3 is 1. The molecule has 2 aromatic rings. The van der Waals surface area contributed by atoms with Crippen molar-refractivity contribution in [1.29, 1.82) is 0 Å². The Hall–Kier alpha value is -1.70. The molecule has 1 amide bonds. The van der Waals surface area contributed by atoms with Gasteiger partial charge in [-0.15, -0.1) is 0 Å². The van der Waals surface area contributed by atoms with Crippen LogP contribution >= 0.6 is 11.3 Å². The number of rotatable bonds is 7. The molecule has 1 unspecified atom stereocenters. The van der Waals surface area contributed by atoms with Crippen molar-refractivity contribution in [2.45, 2.75) is 25.6 Å². The molecule has 0 aliphatic carbocycles. The van der Waals surface area contributed by atoms with E-state index in [9.17, 15) is 4.79 Å². The van der Waals surface area contributed by atoms with Crippen LogP contribution in [0.2, 0.25) is 0 Å². The topological polar surface area (TPSA) is 59.4 Å². The van der Waals surface area contributed by atoms with Crippen LogP contribution in [0.3, 0.4) is 0 Å². The van der Waals surface area contributed by atoms with Crippen LogP contribution in [0.25, 0.3) is 0 Å². The van der Waals surface area contributed by atoms with Gasteiger partial charge in [-0.05, 0) is 34.9 Å². The third-order valence-electron chi connectivity index (χ3n) is 4.01. The van der Waals surface area contributed by atoms with E-state index in [4.69, 9.17) is 4.74 Å². The van der Waals surface area contributed by atoms with Gasteiger partial charge in [-0.1, -0.05) is 0 Å². The zero-order valence-corrected chi connectivity index (χ0v) is 14.1. The number of fused-ring (bicyclic) bond motifs is 1. The molecule has 6 nitrogen and oxygen atoms in total. The van der Waals surface area contributed by atoms with Gasteiger partial charge in [0.15, 0.2) is 0 Å². The van der Waals surface area contributed by atoms with E-state index in [0.717, 1.165) is 26.1 Å². The first-order valence-corrected chi connectivity index (χ1v) is 8.72. The van der Waals surface area contributed by atoms with E-state index in [1.165, 1.54) is 18.4 Å². The third kappa shape index (κ3) is 4.19. The van der Waals surface area contributed by atoms with Crippen LogP contribution in [0.1, 0.15) is 23.7 Å². The lowest BCUT2D eigenvalue weighted by Crippen LogP contribution is -2.39. The van der Waals surface area contributed by atoms with Crippen LogP contribution < -0.4 is 5.32 Å². The van der Waals surface area contributed by atoms with Crippen LogP contribution in [-0.4, -0.2) is 47.4 Å². The molecule has 1 aliphatic rings. The van der Waals surface area contributed by atoms with Crippen molar-refractivity contribution in [2.24, 2.45) is 0 Å². The molecule has 0 saturated heterocycles. The lowest BCUT2D eigenvalue weighted by molar-refractivity contribution is -0.124. The molecule has 0 fully saturated rings. The van der Waals surface area contributed by atoms with E-state index in [0.29, 0.717) is 6.54 Å². The molecular formula is C16H22N4O2S. The molecule has 1 N–H and O–H groups in total. The van der Waals surface area contributed by atoms with E-state index >= 15 is 0 Å². The largest absolute Gasteiger partial charge is 0.375 e. The second kappa shape index (κ2) is 7.72. The highest BCUT2D eigenvalue weighted by Gasteiger charge is 2.25. The SMILES string of the molecule is COCC(=O)NCCC1CN(Cc2ccsc2)Cc2ccnn21. The lowest BCUT2D eigenvalue weighted by atomic mass is 10.1. The first-order valence-electron chi connectivity index (χ1n) is 7.77. The first kappa shape index (κ1) is 16.2. The molecule has 0 bridgehead atoms. The maximum absolute atomic E-state index is 11.5. The summed E-state index contributed by atoms with van der Waals surface area (Å²) >= 11 is 1.73. The van der Waals surface area contributed by atoms with E-state index in [1.807, 2.05) is 6.20 Å². The van der Waals surface area contributed by atoms with Gasteiger partial charge < -0.3 is 10.1 Å². The van der Waals surface area contributed by atoms with Crippen molar-refractivity contribution >= 4 is 17.2 Å². The molecule has 23 heavy (non-hydrogen) atoms. The second-order valence-electron chi connectivity index (χ2n) is 5.79. The third-order valence-corrected chi connectivity index (χ3v) is 4.75. The minimum atomic E-state index is -0.0703. The van der Waals surface area contributed by atoms with Crippen LogP contribution in [-0.2, 0) is 22.6 Å². The van der Waals surface area contributed by atoms with Gasteiger partial charge >= 0.3 is 0 Å². The Kier molecular flexibility index (Phi) is 5.43. The summed E-state index contributed by atoms with van der Waals surface area (Å²) in [6, 6.07) is 4.54. The first-order chi connectivity index (χ1) is 11.3. The highest BCUT2D eigenvalue weighted by molar-refractivity contribution is 7.07. The number of hydrogen-bond acceptors (Lipinski definition) is 5. The molecule has 0 saturated carbocycles. The maximum Gasteiger partial charge on any atom is 0.245 e. The van der Waals surface area contributed by atoms with Gasteiger partial charge in [0, 0.05) is 39.5 Å². The number of nitrogens with zero attached hydrogens (tertiary/aromatic N) is 3. The van der Waals surface area contributed by atoms with Crippen LogP contribution in [0.5, 0.6) is 0 Å². The Morgan fingerprint density at radius 3 is 3.22 bits per heavy atom. The van der Waals surface area contributed by atoms with Crippen molar-refractivity contribution in [3.8, 4) is 0 Å². The summed E-state index contributed by atoms with van der Waals surface area (Å²) in [7, 11) is 1.53. The van der Waals surface area contributed by atoms with Gasteiger partial charge in [0.1, 0.15) is 6.61 Å². The van der Waals surface area contributed by atoms with E-state index in [1.54, 1.807) is 11.3 Å². The molecular weight excluding hydrogens is 312 g/mol. The number of hydrogen-bond donors (Lipinski definition) is 1. The molecule has 0 spiro atoms. The van der Waals surface area contributed by atoms with Gasteiger partial charge in [-0.2, -0.15) is 16.4 Å². The zero-order valence-electron chi connectivity index (χ0n) is 13.3. The summed E-state index contributed by atoms with van der Waals surface area (Å²) in [6.45, 7) is 3.58. The molecule has 3 heterocycles. The minimum Gasteiger partial charge on any atom is -0.375 e. The second-order valence-corrected chi connectivity index (χ2v) is 6.57.